The number of para-hydroxylation sites is 1. The van der Waals surface area contributed by atoms with Gasteiger partial charge in [0, 0.05) is 38.1 Å². The highest BCUT2D eigenvalue weighted by Gasteiger charge is 2.41. The van der Waals surface area contributed by atoms with E-state index < -0.39 is 0 Å². The van der Waals surface area contributed by atoms with Crippen molar-refractivity contribution in [2.24, 2.45) is 5.92 Å². The number of nitrogens with zero attached hydrogens (tertiary/aromatic N) is 3. The standard InChI is InChI=1S/C20H24N4O/c1-2-21-20(25)16-13-15-7-3-4-8-17(15)24-12-11-23(14-18(16)24)19-9-5-6-10-22-19/h3-10,16,18H,2,11-14H2,1H3,(H,21,25)/t16-,18+/m1/s1. The summed E-state index contributed by atoms with van der Waals surface area (Å²) in [6.07, 6.45) is 2.64. The number of rotatable bonds is 3. The van der Waals surface area contributed by atoms with Crippen LogP contribution >= 0.6 is 0 Å². The molecule has 0 bridgehead atoms. The van der Waals surface area contributed by atoms with Crippen molar-refractivity contribution in [3.63, 3.8) is 0 Å². The number of nitrogens with one attached hydrogen (secondary N) is 1. The fourth-order valence-electron chi connectivity index (χ4n) is 4.11. The Morgan fingerprint density at radius 3 is 2.84 bits per heavy atom. The van der Waals surface area contributed by atoms with Gasteiger partial charge in [0.2, 0.25) is 5.91 Å². The van der Waals surface area contributed by atoms with Gasteiger partial charge in [-0.3, -0.25) is 4.79 Å². The topological polar surface area (TPSA) is 48.5 Å². The SMILES string of the molecule is CCNC(=O)[C@@H]1Cc2ccccc2N2CCN(c3ccccn3)C[C@@H]12. The molecule has 2 aliphatic rings. The zero-order chi connectivity index (χ0) is 17.2. The first-order chi connectivity index (χ1) is 12.3. The highest BCUT2D eigenvalue weighted by Crippen LogP contribution is 2.36. The van der Waals surface area contributed by atoms with Crippen LogP contribution in [-0.4, -0.2) is 43.1 Å². The second kappa shape index (κ2) is 6.75. The van der Waals surface area contributed by atoms with Crippen molar-refractivity contribution in [3.05, 3.63) is 54.2 Å². The summed E-state index contributed by atoms with van der Waals surface area (Å²) >= 11 is 0. The second-order valence-electron chi connectivity index (χ2n) is 6.73. The van der Waals surface area contributed by atoms with E-state index in [1.165, 1.54) is 11.3 Å². The van der Waals surface area contributed by atoms with Crippen molar-refractivity contribution < 1.29 is 4.79 Å². The van der Waals surface area contributed by atoms with Crippen molar-refractivity contribution in [1.82, 2.24) is 10.3 Å². The van der Waals surface area contributed by atoms with Gasteiger partial charge in [-0.15, -0.1) is 0 Å². The first-order valence-corrected chi connectivity index (χ1v) is 9.06. The Morgan fingerprint density at radius 1 is 1.20 bits per heavy atom. The van der Waals surface area contributed by atoms with Crippen LogP contribution in [0.1, 0.15) is 12.5 Å². The second-order valence-corrected chi connectivity index (χ2v) is 6.73. The molecular weight excluding hydrogens is 312 g/mol. The first-order valence-electron chi connectivity index (χ1n) is 9.06. The van der Waals surface area contributed by atoms with Crippen molar-refractivity contribution in [1.29, 1.82) is 0 Å². The van der Waals surface area contributed by atoms with E-state index in [0.717, 1.165) is 31.9 Å². The Bertz CT molecular complexity index is 748. The van der Waals surface area contributed by atoms with Crippen LogP contribution in [0.25, 0.3) is 0 Å². The number of aromatic nitrogens is 1. The van der Waals surface area contributed by atoms with Gasteiger partial charge in [-0.2, -0.15) is 0 Å². The molecule has 0 saturated carbocycles. The maximum Gasteiger partial charge on any atom is 0.225 e. The lowest BCUT2D eigenvalue weighted by Gasteiger charge is -2.49. The highest BCUT2D eigenvalue weighted by molar-refractivity contribution is 5.82. The van der Waals surface area contributed by atoms with Crippen molar-refractivity contribution in [2.45, 2.75) is 19.4 Å². The molecule has 2 aromatic rings. The van der Waals surface area contributed by atoms with Crippen LogP contribution in [0.3, 0.4) is 0 Å². The molecular formula is C20H24N4O. The van der Waals surface area contributed by atoms with Crippen LogP contribution in [-0.2, 0) is 11.2 Å². The molecule has 5 heteroatoms. The smallest absolute Gasteiger partial charge is 0.225 e. The van der Waals surface area contributed by atoms with Gasteiger partial charge >= 0.3 is 0 Å². The number of carbonyl (C=O) groups excluding carboxylic acids is 1. The summed E-state index contributed by atoms with van der Waals surface area (Å²) in [5, 5.41) is 3.03. The minimum absolute atomic E-state index is 0.0265. The van der Waals surface area contributed by atoms with Gasteiger partial charge in [0.15, 0.2) is 0 Å². The van der Waals surface area contributed by atoms with Crippen LogP contribution in [0.15, 0.2) is 48.7 Å². The van der Waals surface area contributed by atoms with Crippen molar-refractivity contribution >= 4 is 17.4 Å². The van der Waals surface area contributed by atoms with Gasteiger partial charge in [-0.25, -0.2) is 4.98 Å². The molecule has 0 radical (unpaired) electrons. The molecule has 1 N–H and O–H groups in total. The number of piperazine rings is 1. The Hall–Kier alpha value is -2.56. The lowest BCUT2D eigenvalue weighted by Crippen LogP contribution is -2.61. The third-order valence-corrected chi connectivity index (χ3v) is 5.28. The Morgan fingerprint density at radius 2 is 2.04 bits per heavy atom. The maximum atomic E-state index is 12.7. The van der Waals surface area contributed by atoms with Crippen molar-refractivity contribution in [2.75, 3.05) is 36.0 Å². The zero-order valence-corrected chi connectivity index (χ0v) is 14.6. The molecule has 1 aromatic heterocycles. The molecule has 25 heavy (non-hydrogen) atoms. The molecule has 3 heterocycles. The maximum absolute atomic E-state index is 12.7. The van der Waals surface area contributed by atoms with Crippen LogP contribution in [0.4, 0.5) is 11.5 Å². The van der Waals surface area contributed by atoms with Gasteiger partial charge in [-0.1, -0.05) is 24.3 Å². The van der Waals surface area contributed by atoms with Gasteiger partial charge in [0.05, 0.1) is 12.0 Å². The van der Waals surface area contributed by atoms with Gasteiger partial charge in [0.25, 0.3) is 0 Å². The van der Waals surface area contributed by atoms with E-state index in [1.807, 2.05) is 31.3 Å². The fourth-order valence-corrected chi connectivity index (χ4v) is 4.11. The minimum atomic E-state index is -0.0265. The summed E-state index contributed by atoms with van der Waals surface area (Å²) in [7, 11) is 0. The Labute approximate surface area is 148 Å². The molecule has 1 aromatic carbocycles. The summed E-state index contributed by atoms with van der Waals surface area (Å²) in [5.41, 5.74) is 2.56. The average molecular weight is 336 g/mol. The summed E-state index contributed by atoms with van der Waals surface area (Å²) in [4.78, 5) is 22.0. The normalized spacial score (nSPS) is 22.1. The van der Waals surface area contributed by atoms with Crippen LogP contribution < -0.4 is 15.1 Å². The predicted molar refractivity (Wildman–Crippen MR) is 99.9 cm³/mol. The van der Waals surface area contributed by atoms with E-state index in [9.17, 15) is 4.79 Å². The number of fused-ring (bicyclic) bond motifs is 3. The number of anilines is 2. The van der Waals surface area contributed by atoms with Crippen molar-refractivity contribution in [3.8, 4) is 0 Å². The third-order valence-electron chi connectivity index (χ3n) is 5.28. The number of hydrogen-bond acceptors (Lipinski definition) is 4. The molecule has 1 fully saturated rings. The van der Waals surface area contributed by atoms with E-state index in [0.29, 0.717) is 6.54 Å². The largest absolute Gasteiger partial charge is 0.364 e. The fraction of sp³-hybridized carbons (Fsp3) is 0.400. The number of pyridine rings is 1. The number of benzene rings is 1. The Balaban J connectivity index is 1.66. The summed E-state index contributed by atoms with van der Waals surface area (Å²) < 4.78 is 0. The number of amides is 1. The van der Waals surface area contributed by atoms with Crippen LogP contribution in [0.2, 0.25) is 0 Å². The van der Waals surface area contributed by atoms with E-state index in [2.05, 4.69) is 44.4 Å². The summed E-state index contributed by atoms with van der Waals surface area (Å²) in [6, 6.07) is 14.7. The first kappa shape index (κ1) is 15.9. The lowest BCUT2D eigenvalue weighted by molar-refractivity contribution is -0.125. The van der Waals surface area contributed by atoms with Gasteiger partial charge < -0.3 is 15.1 Å². The molecule has 2 aliphatic heterocycles. The van der Waals surface area contributed by atoms with E-state index in [4.69, 9.17) is 0 Å². The molecule has 130 valence electrons. The van der Waals surface area contributed by atoms with E-state index >= 15 is 0 Å². The van der Waals surface area contributed by atoms with E-state index in [1.54, 1.807) is 0 Å². The summed E-state index contributed by atoms with van der Waals surface area (Å²) in [6.45, 7) is 5.31. The lowest BCUT2D eigenvalue weighted by atomic mass is 9.83. The van der Waals surface area contributed by atoms with Crippen LogP contribution in [0.5, 0.6) is 0 Å². The molecule has 0 unspecified atom stereocenters. The highest BCUT2D eigenvalue weighted by atomic mass is 16.1. The summed E-state index contributed by atoms with van der Waals surface area (Å²) in [5.74, 6) is 1.13. The molecule has 0 aliphatic carbocycles. The predicted octanol–water partition coefficient (Wildman–Crippen LogP) is 2.09. The third kappa shape index (κ3) is 2.95. The molecule has 4 rings (SSSR count). The van der Waals surface area contributed by atoms with Crippen LogP contribution in [0, 0.1) is 5.92 Å². The monoisotopic (exact) mass is 336 g/mol. The molecule has 2 atom stereocenters. The minimum Gasteiger partial charge on any atom is -0.364 e. The molecule has 5 nitrogen and oxygen atoms in total. The van der Waals surface area contributed by atoms with E-state index in [-0.39, 0.29) is 17.9 Å². The quantitative estimate of drug-likeness (QED) is 0.932. The van der Waals surface area contributed by atoms with Gasteiger partial charge in [-0.05, 0) is 37.1 Å². The average Bonchev–Trinajstić information content (AvgIpc) is 2.67. The molecule has 1 amide bonds. The molecule has 1 saturated heterocycles. The van der Waals surface area contributed by atoms with Gasteiger partial charge in [0.1, 0.15) is 5.82 Å². The number of hydrogen-bond donors (Lipinski definition) is 1. The molecule has 0 spiro atoms. The zero-order valence-electron chi connectivity index (χ0n) is 14.6. The Kier molecular flexibility index (Phi) is 4.30. The number of carbonyl (C=O) groups is 1.